The summed E-state index contributed by atoms with van der Waals surface area (Å²) in [5.41, 5.74) is -0.287. The number of halogens is 1. The van der Waals surface area contributed by atoms with Gasteiger partial charge in [0.1, 0.15) is 11.0 Å². The van der Waals surface area contributed by atoms with Crippen molar-refractivity contribution in [1.82, 2.24) is 0 Å². The minimum atomic E-state index is -4.33. The first-order chi connectivity index (χ1) is 8.86. The molecule has 0 heterocycles. The molecular weight excluding hydrogens is 290 g/mol. The summed E-state index contributed by atoms with van der Waals surface area (Å²) in [4.78, 5) is 10.1. The van der Waals surface area contributed by atoms with Crippen molar-refractivity contribution < 1.29 is 18.3 Å². The Morgan fingerprint density at radius 2 is 1.89 bits per heavy atom. The van der Waals surface area contributed by atoms with Crippen molar-refractivity contribution in [3.63, 3.8) is 0 Å². The largest absolute Gasteiger partial charge is 0.477 e. The first kappa shape index (κ1) is 15.0. The number of hydrogen-bond acceptors (Lipinski definition) is 4. The van der Waals surface area contributed by atoms with E-state index in [1.807, 2.05) is 0 Å². The number of nitriles is 1. The van der Waals surface area contributed by atoms with Gasteiger partial charge in [-0.25, -0.2) is 13.2 Å². The number of nitrogens with zero attached hydrogens (tertiary/aromatic N) is 1. The van der Waals surface area contributed by atoms with Crippen LogP contribution in [-0.4, -0.2) is 19.5 Å². The fourth-order valence-corrected chi connectivity index (χ4v) is 2.22. The molecule has 0 atom stereocenters. The minimum absolute atomic E-state index is 0.642. The first-order valence-corrected chi connectivity index (χ1v) is 7.22. The molecule has 0 fully saturated rings. The highest BCUT2D eigenvalue weighted by molar-refractivity contribution is 8.17. The quantitative estimate of drug-likeness (QED) is 0.397. The van der Waals surface area contributed by atoms with Gasteiger partial charge in [-0.2, -0.15) is 5.26 Å². The van der Waals surface area contributed by atoms with Crippen LogP contribution in [0.3, 0.4) is 0 Å². The van der Waals surface area contributed by atoms with Crippen molar-refractivity contribution in [3.05, 3.63) is 52.4 Å². The number of carbonyl (C=O) groups is 1. The second kappa shape index (κ2) is 6.18. The Labute approximate surface area is 114 Å². The summed E-state index contributed by atoms with van der Waals surface area (Å²) in [6.07, 6.45) is 2.35. The van der Waals surface area contributed by atoms with E-state index >= 15 is 0 Å². The van der Waals surface area contributed by atoms with Crippen LogP contribution in [0.1, 0.15) is 5.56 Å². The van der Waals surface area contributed by atoms with Crippen molar-refractivity contribution >= 4 is 31.8 Å². The lowest BCUT2D eigenvalue weighted by atomic mass is 10.2. The monoisotopic (exact) mass is 297 g/mol. The standard InChI is InChI=1S/C12H8ClNO4S/c13-19(17,18)11(10(8-14)12(15)16)7-6-9-4-2-1-3-5-9/h1-7H,(H,15,16). The maximum absolute atomic E-state index is 11.3. The van der Waals surface area contributed by atoms with Crippen LogP contribution >= 0.6 is 10.7 Å². The van der Waals surface area contributed by atoms with Crippen molar-refractivity contribution in [3.8, 4) is 6.07 Å². The predicted molar refractivity (Wildman–Crippen MR) is 70.5 cm³/mol. The van der Waals surface area contributed by atoms with Gasteiger partial charge in [0.15, 0.2) is 5.57 Å². The van der Waals surface area contributed by atoms with Crippen LogP contribution in [0.2, 0.25) is 0 Å². The number of hydrogen-bond donors (Lipinski definition) is 1. The Bertz CT molecular complexity index is 684. The van der Waals surface area contributed by atoms with E-state index in [2.05, 4.69) is 0 Å². The second-order valence-electron chi connectivity index (χ2n) is 3.34. The lowest BCUT2D eigenvalue weighted by Crippen LogP contribution is -2.06. The number of benzene rings is 1. The third kappa shape index (κ3) is 4.25. The molecule has 0 aliphatic rings. The zero-order chi connectivity index (χ0) is 14.5. The molecule has 0 spiro atoms. The zero-order valence-corrected chi connectivity index (χ0v) is 11.0. The van der Waals surface area contributed by atoms with E-state index in [9.17, 15) is 13.2 Å². The van der Waals surface area contributed by atoms with Crippen molar-refractivity contribution in [2.24, 2.45) is 0 Å². The molecule has 98 valence electrons. The van der Waals surface area contributed by atoms with Gasteiger partial charge < -0.3 is 5.11 Å². The normalized spacial score (nSPS) is 12.8. The average molecular weight is 298 g/mol. The SMILES string of the molecule is N#CC(C(=O)O)=C(C=Cc1ccccc1)S(=O)(=O)Cl. The van der Waals surface area contributed by atoms with Gasteiger partial charge in [-0.05, 0) is 11.6 Å². The second-order valence-corrected chi connectivity index (χ2v) is 5.87. The molecule has 5 nitrogen and oxygen atoms in total. The predicted octanol–water partition coefficient (Wildman–Crippen LogP) is 2.13. The zero-order valence-electron chi connectivity index (χ0n) is 9.45. The average Bonchev–Trinajstić information content (AvgIpc) is 2.33. The molecule has 0 aliphatic heterocycles. The Kier molecular flexibility index (Phi) is 4.87. The molecule has 19 heavy (non-hydrogen) atoms. The van der Waals surface area contributed by atoms with Crippen LogP contribution in [0.25, 0.3) is 6.08 Å². The fraction of sp³-hybridized carbons (Fsp3) is 0. The van der Waals surface area contributed by atoms with Crippen molar-refractivity contribution in [1.29, 1.82) is 5.26 Å². The van der Waals surface area contributed by atoms with E-state index in [0.29, 0.717) is 5.56 Å². The minimum Gasteiger partial charge on any atom is -0.477 e. The Morgan fingerprint density at radius 3 is 2.32 bits per heavy atom. The van der Waals surface area contributed by atoms with E-state index in [1.54, 1.807) is 30.3 Å². The summed E-state index contributed by atoms with van der Waals surface area (Å²) >= 11 is 0. The van der Waals surface area contributed by atoms with Crippen molar-refractivity contribution in [2.45, 2.75) is 0 Å². The van der Waals surface area contributed by atoms with Gasteiger partial charge in [0, 0.05) is 10.7 Å². The molecule has 1 rings (SSSR count). The van der Waals surface area contributed by atoms with E-state index < -0.39 is 25.5 Å². The number of aliphatic carboxylic acids is 1. The fourth-order valence-electron chi connectivity index (χ4n) is 1.23. The van der Waals surface area contributed by atoms with Crippen LogP contribution in [0.5, 0.6) is 0 Å². The van der Waals surface area contributed by atoms with Gasteiger partial charge in [-0.3, -0.25) is 0 Å². The maximum Gasteiger partial charge on any atom is 0.347 e. The number of allylic oxidation sites excluding steroid dienone is 1. The summed E-state index contributed by atoms with van der Waals surface area (Å²) in [6.45, 7) is 0. The highest BCUT2D eigenvalue weighted by Gasteiger charge is 2.22. The van der Waals surface area contributed by atoms with Gasteiger partial charge in [0.2, 0.25) is 0 Å². The van der Waals surface area contributed by atoms with Gasteiger partial charge in [-0.1, -0.05) is 36.4 Å². The van der Waals surface area contributed by atoms with Gasteiger partial charge in [-0.15, -0.1) is 0 Å². The summed E-state index contributed by atoms with van der Waals surface area (Å²) in [6, 6.07) is 9.89. The highest BCUT2D eigenvalue weighted by Crippen LogP contribution is 2.19. The number of rotatable bonds is 4. The van der Waals surface area contributed by atoms with Crippen LogP contribution in [0.4, 0.5) is 0 Å². The molecule has 1 N–H and O–H groups in total. The topological polar surface area (TPSA) is 95.2 Å². The third-order valence-corrected chi connectivity index (χ3v) is 3.43. The maximum atomic E-state index is 11.3. The van der Waals surface area contributed by atoms with Crippen LogP contribution in [0, 0.1) is 11.3 Å². The lowest BCUT2D eigenvalue weighted by Gasteiger charge is -1.99. The molecule has 1 aromatic rings. The van der Waals surface area contributed by atoms with Gasteiger partial charge in [0.05, 0.1) is 0 Å². The molecule has 0 saturated heterocycles. The summed E-state index contributed by atoms with van der Waals surface area (Å²) in [5, 5.41) is 17.4. The Morgan fingerprint density at radius 1 is 1.32 bits per heavy atom. The number of carboxylic acid groups (broad SMARTS) is 1. The third-order valence-electron chi connectivity index (χ3n) is 2.06. The number of carboxylic acids is 1. The van der Waals surface area contributed by atoms with E-state index in [1.165, 1.54) is 12.1 Å². The molecule has 0 aliphatic carbocycles. The van der Waals surface area contributed by atoms with E-state index in [0.717, 1.165) is 6.08 Å². The summed E-state index contributed by atoms with van der Waals surface area (Å²) in [5.74, 6) is -1.65. The molecule has 0 amide bonds. The molecule has 1 aromatic carbocycles. The molecule has 0 aromatic heterocycles. The smallest absolute Gasteiger partial charge is 0.347 e. The van der Waals surface area contributed by atoms with Gasteiger partial charge >= 0.3 is 5.97 Å². The lowest BCUT2D eigenvalue weighted by molar-refractivity contribution is -0.132. The molecule has 0 saturated carbocycles. The van der Waals surface area contributed by atoms with Crippen LogP contribution in [0.15, 0.2) is 46.9 Å². The molecular formula is C12H8ClNO4S. The van der Waals surface area contributed by atoms with Crippen molar-refractivity contribution in [2.75, 3.05) is 0 Å². The molecule has 7 heteroatoms. The highest BCUT2D eigenvalue weighted by atomic mass is 35.7. The molecule has 0 unspecified atom stereocenters. The molecule has 0 radical (unpaired) electrons. The van der Waals surface area contributed by atoms with E-state index in [4.69, 9.17) is 21.1 Å². The Hall–Kier alpha value is -2.10. The van der Waals surface area contributed by atoms with E-state index in [-0.39, 0.29) is 0 Å². The summed E-state index contributed by atoms with van der Waals surface area (Å²) in [7, 11) is 0.802. The molecule has 0 bridgehead atoms. The van der Waals surface area contributed by atoms with Crippen LogP contribution < -0.4 is 0 Å². The van der Waals surface area contributed by atoms with Gasteiger partial charge in [0.25, 0.3) is 9.05 Å². The first-order valence-electron chi connectivity index (χ1n) is 4.91. The van der Waals surface area contributed by atoms with Crippen LogP contribution in [-0.2, 0) is 13.8 Å². The summed E-state index contributed by atoms with van der Waals surface area (Å²) < 4.78 is 22.6. The Balaban J connectivity index is 3.35.